The number of H-pyrrole nitrogens is 1. The molecule has 7 nitrogen and oxygen atoms in total. The summed E-state index contributed by atoms with van der Waals surface area (Å²) >= 11 is 0. The van der Waals surface area contributed by atoms with Gasteiger partial charge in [-0.25, -0.2) is 9.97 Å². The molecule has 0 bridgehead atoms. The lowest BCUT2D eigenvalue weighted by Gasteiger charge is -2.25. The van der Waals surface area contributed by atoms with E-state index >= 15 is 0 Å². The van der Waals surface area contributed by atoms with Crippen LogP contribution in [0.5, 0.6) is 0 Å². The average molecular weight is 377 g/mol. The van der Waals surface area contributed by atoms with E-state index in [1.165, 1.54) is 12.5 Å². The van der Waals surface area contributed by atoms with Gasteiger partial charge in [-0.1, -0.05) is 36.8 Å². The molecular formula is C21H23N5O2. The molecule has 2 aromatic heterocycles. The predicted molar refractivity (Wildman–Crippen MR) is 105 cm³/mol. The number of amides is 1. The van der Waals surface area contributed by atoms with Crippen molar-refractivity contribution >= 4 is 5.91 Å². The quantitative estimate of drug-likeness (QED) is 0.690. The van der Waals surface area contributed by atoms with Crippen LogP contribution in [0, 0.1) is 0 Å². The molecule has 3 aromatic rings. The van der Waals surface area contributed by atoms with E-state index in [4.69, 9.17) is 0 Å². The Balaban J connectivity index is 1.60. The lowest BCUT2D eigenvalue weighted by molar-refractivity contribution is 0.0931. The van der Waals surface area contributed by atoms with Gasteiger partial charge in [0.25, 0.3) is 11.5 Å². The summed E-state index contributed by atoms with van der Waals surface area (Å²) in [5, 5.41) is 3.04. The Labute approximate surface area is 162 Å². The fourth-order valence-electron chi connectivity index (χ4n) is 3.42. The maximum absolute atomic E-state index is 12.7. The van der Waals surface area contributed by atoms with E-state index in [1.807, 2.05) is 37.4 Å². The van der Waals surface area contributed by atoms with Gasteiger partial charge in [0.2, 0.25) is 0 Å². The second-order valence-corrected chi connectivity index (χ2v) is 7.32. The van der Waals surface area contributed by atoms with E-state index in [9.17, 15) is 9.59 Å². The number of nitrogens with zero attached hydrogens (tertiary/aromatic N) is 3. The molecule has 4 rings (SSSR count). The number of imidazole rings is 1. The van der Waals surface area contributed by atoms with Gasteiger partial charge in [-0.15, -0.1) is 0 Å². The molecule has 7 heteroatoms. The van der Waals surface area contributed by atoms with Crippen LogP contribution in [0.1, 0.15) is 58.8 Å². The number of nitrogens with one attached hydrogen (secondary N) is 2. The molecule has 1 fully saturated rings. The summed E-state index contributed by atoms with van der Waals surface area (Å²) in [4.78, 5) is 36.4. The van der Waals surface area contributed by atoms with Crippen LogP contribution in [-0.4, -0.2) is 25.4 Å². The van der Waals surface area contributed by atoms with Gasteiger partial charge < -0.3 is 14.9 Å². The van der Waals surface area contributed by atoms with Crippen molar-refractivity contribution in [2.45, 2.75) is 37.6 Å². The fourth-order valence-corrected chi connectivity index (χ4v) is 3.42. The second-order valence-electron chi connectivity index (χ2n) is 7.32. The minimum absolute atomic E-state index is 0.144. The van der Waals surface area contributed by atoms with Crippen molar-refractivity contribution in [2.75, 3.05) is 0 Å². The maximum Gasteiger partial charge on any atom is 0.271 e. The van der Waals surface area contributed by atoms with E-state index in [1.54, 1.807) is 17.1 Å². The van der Waals surface area contributed by atoms with Crippen molar-refractivity contribution in [3.63, 3.8) is 0 Å². The Kier molecular flexibility index (Phi) is 5.06. The van der Waals surface area contributed by atoms with Crippen LogP contribution >= 0.6 is 0 Å². The molecule has 2 heterocycles. The Morgan fingerprint density at radius 1 is 1.32 bits per heavy atom. The molecule has 0 spiro atoms. The number of hydrogen-bond donors (Lipinski definition) is 2. The molecule has 0 saturated heterocycles. The molecule has 1 aliphatic carbocycles. The summed E-state index contributed by atoms with van der Waals surface area (Å²) in [5.41, 5.74) is 1.85. The number of carbonyl (C=O) groups excluding carboxylic acids is 1. The summed E-state index contributed by atoms with van der Waals surface area (Å²) in [5.74, 6) is 0.848. The molecule has 2 N–H and O–H groups in total. The number of aromatic amines is 1. The van der Waals surface area contributed by atoms with E-state index < -0.39 is 0 Å². The van der Waals surface area contributed by atoms with E-state index in [-0.39, 0.29) is 17.5 Å². The Hall–Kier alpha value is -3.22. The number of aromatic nitrogens is 4. The second kappa shape index (κ2) is 7.80. The highest BCUT2D eigenvalue weighted by Gasteiger charge is 2.23. The van der Waals surface area contributed by atoms with Crippen molar-refractivity contribution in [3.05, 3.63) is 82.1 Å². The number of hydrogen-bond acceptors (Lipinski definition) is 4. The van der Waals surface area contributed by atoms with Crippen LogP contribution in [0.25, 0.3) is 0 Å². The number of benzene rings is 1. The molecule has 1 amide bonds. The summed E-state index contributed by atoms with van der Waals surface area (Å²) in [7, 11) is 1.82. The predicted octanol–water partition coefficient (Wildman–Crippen LogP) is 2.48. The third-order valence-corrected chi connectivity index (χ3v) is 5.16. The minimum atomic E-state index is -0.306. The van der Waals surface area contributed by atoms with Gasteiger partial charge in [0, 0.05) is 31.6 Å². The fraction of sp³-hybridized carbons (Fsp3) is 0.333. The molecule has 1 saturated carbocycles. The summed E-state index contributed by atoms with van der Waals surface area (Å²) < 4.78 is 1.73. The normalized spacial score (nSPS) is 15.0. The van der Waals surface area contributed by atoms with Crippen LogP contribution in [0.2, 0.25) is 0 Å². The zero-order chi connectivity index (χ0) is 19.5. The molecule has 0 aliphatic heterocycles. The van der Waals surface area contributed by atoms with Crippen molar-refractivity contribution in [3.8, 4) is 0 Å². The highest BCUT2D eigenvalue weighted by molar-refractivity contribution is 5.92. The zero-order valence-corrected chi connectivity index (χ0v) is 15.8. The van der Waals surface area contributed by atoms with E-state index in [0.29, 0.717) is 23.7 Å². The van der Waals surface area contributed by atoms with Crippen LogP contribution < -0.4 is 10.9 Å². The van der Waals surface area contributed by atoms with E-state index in [0.717, 1.165) is 24.2 Å². The van der Waals surface area contributed by atoms with E-state index in [2.05, 4.69) is 20.3 Å². The number of rotatable bonds is 6. The Morgan fingerprint density at radius 3 is 2.75 bits per heavy atom. The Bertz CT molecular complexity index is 1020. The van der Waals surface area contributed by atoms with Gasteiger partial charge in [-0.3, -0.25) is 9.59 Å². The van der Waals surface area contributed by atoms with Gasteiger partial charge in [-0.05, 0) is 18.4 Å². The van der Waals surface area contributed by atoms with Gasteiger partial charge in [0.15, 0.2) is 0 Å². The van der Waals surface area contributed by atoms with Crippen LogP contribution in [0.3, 0.4) is 0 Å². The summed E-state index contributed by atoms with van der Waals surface area (Å²) in [6, 6.07) is 10.9. The first-order chi connectivity index (χ1) is 13.6. The first kappa shape index (κ1) is 18.2. The SMILES string of the molecule is Cn1cnc(C(=O)N[C@@H](Cc2cc(=O)[nH]c(C3CCC3)n2)c2ccccc2)c1. The first-order valence-corrected chi connectivity index (χ1v) is 9.52. The highest BCUT2D eigenvalue weighted by Crippen LogP contribution is 2.34. The standard InChI is InChI=1S/C21H23N5O2/c1-26-12-18(22-13-26)21(28)24-17(14-6-3-2-4-7-14)10-16-11-19(27)25-20(23-16)15-8-5-9-15/h2-4,6-7,11-13,15,17H,5,8-10H2,1H3,(H,24,28)(H,23,25,27)/t17-/m0/s1. The number of aryl methyl sites for hydroxylation is 1. The van der Waals surface area contributed by atoms with Crippen molar-refractivity contribution in [1.82, 2.24) is 24.8 Å². The van der Waals surface area contributed by atoms with Gasteiger partial charge in [-0.2, -0.15) is 0 Å². The molecule has 28 heavy (non-hydrogen) atoms. The summed E-state index contributed by atoms with van der Waals surface area (Å²) in [6.07, 6.45) is 7.00. The zero-order valence-electron chi connectivity index (χ0n) is 15.8. The summed E-state index contributed by atoms with van der Waals surface area (Å²) in [6.45, 7) is 0. The Morgan fingerprint density at radius 2 is 2.11 bits per heavy atom. The number of carbonyl (C=O) groups is 1. The molecule has 1 aromatic carbocycles. The lowest BCUT2D eigenvalue weighted by atomic mass is 9.85. The molecule has 0 unspecified atom stereocenters. The van der Waals surface area contributed by atoms with Crippen LogP contribution in [0.15, 0.2) is 53.7 Å². The lowest BCUT2D eigenvalue weighted by Crippen LogP contribution is -2.31. The first-order valence-electron chi connectivity index (χ1n) is 9.52. The monoisotopic (exact) mass is 377 g/mol. The largest absolute Gasteiger partial charge is 0.343 e. The van der Waals surface area contributed by atoms with Gasteiger partial charge in [0.05, 0.1) is 18.1 Å². The molecular weight excluding hydrogens is 354 g/mol. The van der Waals surface area contributed by atoms with Crippen molar-refractivity contribution in [1.29, 1.82) is 0 Å². The third kappa shape index (κ3) is 4.03. The van der Waals surface area contributed by atoms with Crippen molar-refractivity contribution in [2.24, 2.45) is 7.05 Å². The van der Waals surface area contributed by atoms with Crippen LogP contribution in [-0.2, 0) is 13.5 Å². The molecule has 1 atom stereocenters. The smallest absolute Gasteiger partial charge is 0.271 e. The topological polar surface area (TPSA) is 92.7 Å². The minimum Gasteiger partial charge on any atom is -0.343 e. The highest BCUT2D eigenvalue weighted by atomic mass is 16.2. The van der Waals surface area contributed by atoms with Gasteiger partial charge >= 0.3 is 0 Å². The molecule has 144 valence electrons. The maximum atomic E-state index is 12.7. The molecule has 1 aliphatic rings. The third-order valence-electron chi connectivity index (χ3n) is 5.16. The van der Waals surface area contributed by atoms with Crippen molar-refractivity contribution < 1.29 is 4.79 Å². The van der Waals surface area contributed by atoms with Gasteiger partial charge in [0.1, 0.15) is 11.5 Å². The average Bonchev–Trinajstić information content (AvgIpc) is 3.06. The van der Waals surface area contributed by atoms with Crippen LogP contribution in [0.4, 0.5) is 0 Å². The molecule has 0 radical (unpaired) electrons.